The standard InChI is InChI=1S/C32H34BrN3O5/c1-7-39-29-15-20(5)26(17-25(29)19(3)4)30-35-27-12-10-9-11-24(27)31(37)36(30)34-18-22-16-23(33)13-14-28(22)41-21(6)32(38)40-8-2/h9-19,21H,7-8H2,1-6H3/t21-/m0/s1. The second-order valence-electron chi connectivity index (χ2n) is 9.80. The number of carbonyl (C=O) groups is 1. The highest BCUT2D eigenvalue weighted by Crippen LogP contribution is 2.34. The van der Waals surface area contributed by atoms with E-state index in [-0.39, 0.29) is 18.1 Å². The third-order valence-corrected chi connectivity index (χ3v) is 6.97. The molecule has 1 atom stereocenters. The second-order valence-corrected chi connectivity index (χ2v) is 10.7. The van der Waals surface area contributed by atoms with Gasteiger partial charge in [-0.15, -0.1) is 0 Å². The van der Waals surface area contributed by atoms with Gasteiger partial charge in [0.2, 0.25) is 0 Å². The van der Waals surface area contributed by atoms with Crippen LogP contribution in [0.2, 0.25) is 0 Å². The zero-order valence-corrected chi connectivity index (χ0v) is 25.7. The molecule has 4 aromatic rings. The Hall–Kier alpha value is -3.98. The summed E-state index contributed by atoms with van der Waals surface area (Å²) in [5, 5.41) is 5.08. The van der Waals surface area contributed by atoms with E-state index < -0.39 is 12.1 Å². The molecular weight excluding hydrogens is 586 g/mol. The Morgan fingerprint density at radius 1 is 1.05 bits per heavy atom. The predicted octanol–water partition coefficient (Wildman–Crippen LogP) is 6.87. The van der Waals surface area contributed by atoms with Crippen molar-refractivity contribution < 1.29 is 19.0 Å². The molecule has 0 amide bonds. The molecule has 0 radical (unpaired) electrons. The fraction of sp³-hybridized carbons (Fsp3) is 0.312. The minimum Gasteiger partial charge on any atom is -0.494 e. The Labute approximate surface area is 248 Å². The molecule has 8 nitrogen and oxygen atoms in total. The maximum absolute atomic E-state index is 13.8. The van der Waals surface area contributed by atoms with Gasteiger partial charge >= 0.3 is 5.97 Å². The molecule has 0 aliphatic carbocycles. The summed E-state index contributed by atoms with van der Waals surface area (Å²) in [6, 6.07) is 16.6. The van der Waals surface area contributed by atoms with Crippen molar-refractivity contribution in [3.8, 4) is 22.9 Å². The van der Waals surface area contributed by atoms with Gasteiger partial charge < -0.3 is 14.2 Å². The third-order valence-electron chi connectivity index (χ3n) is 6.48. The lowest BCUT2D eigenvalue weighted by molar-refractivity contribution is -0.150. The lowest BCUT2D eigenvalue weighted by Crippen LogP contribution is -2.26. The molecule has 0 spiro atoms. The largest absolute Gasteiger partial charge is 0.494 e. The molecule has 41 heavy (non-hydrogen) atoms. The number of para-hydroxylation sites is 1. The Morgan fingerprint density at radius 3 is 2.51 bits per heavy atom. The van der Waals surface area contributed by atoms with Crippen molar-refractivity contribution in [2.24, 2.45) is 5.10 Å². The summed E-state index contributed by atoms with van der Waals surface area (Å²) >= 11 is 3.49. The molecule has 0 aliphatic rings. The van der Waals surface area contributed by atoms with E-state index in [1.807, 2.05) is 38.1 Å². The molecule has 214 valence electrons. The maximum Gasteiger partial charge on any atom is 0.347 e. The van der Waals surface area contributed by atoms with Crippen LogP contribution in [-0.2, 0) is 9.53 Å². The minimum absolute atomic E-state index is 0.183. The summed E-state index contributed by atoms with van der Waals surface area (Å²) in [7, 11) is 0. The number of nitrogens with zero attached hydrogens (tertiary/aromatic N) is 3. The maximum atomic E-state index is 13.8. The van der Waals surface area contributed by atoms with Gasteiger partial charge in [0.15, 0.2) is 11.9 Å². The van der Waals surface area contributed by atoms with E-state index in [2.05, 4.69) is 34.9 Å². The highest BCUT2D eigenvalue weighted by Gasteiger charge is 2.20. The normalized spacial score (nSPS) is 12.2. The topological polar surface area (TPSA) is 92.0 Å². The van der Waals surface area contributed by atoms with Gasteiger partial charge in [-0.25, -0.2) is 9.78 Å². The highest BCUT2D eigenvalue weighted by molar-refractivity contribution is 9.10. The van der Waals surface area contributed by atoms with E-state index in [0.717, 1.165) is 26.9 Å². The van der Waals surface area contributed by atoms with Gasteiger partial charge in [-0.3, -0.25) is 4.79 Å². The SMILES string of the molecule is CCOC(=O)[C@H](C)Oc1ccc(Br)cc1C=Nn1c(-c2cc(C(C)C)c(OCC)cc2C)nc2ccccc2c1=O. The summed E-state index contributed by atoms with van der Waals surface area (Å²) in [5.41, 5.74) is 3.53. The number of carbonyl (C=O) groups excluding carboxylic acids is 1. The van der Waals surface area contributed by atoms with Crippen LogP contribution in [0.4, 0.5) is 0 Å². The molecule has 0 aliphatic heterocycles. The summed E-state index contributed by atoms with van der Waals surface area (Å²) in [6.45, 7) is 12.3. The summed E-state index contributed by atoms with van der Waals surface area (Å²) in [4.78, 5) is 30.9. The van der Waals surface area contributed by atoms with Crippen molar-refractivity contribution >= 4 is 39.0 Å². The van der Waals surface area contributed by atoms with E-state index in [1.165, 1.54) is 10.9 Å². The monoisotopic (exact) mass is 619 g/mol. The molecule has 0 N–H and O–H groups in total. The summed E-state index contributed by atoms with van der Waals surface area (Å²) < 4.78 is 19.0. The van der Waals surface area contributed by atoms with Crippen LogP contribution < -0.4 is 15.0 Å². The first-order valence-electron chi connectivity index (χ1n) is 13.6. The van der Waals surface area contributed by atoms with Gasteiger partial charge in [-0.1, -0.05) is 41.9 Å². The number of rotatable bonds is 10. The number of aromatic nitrogens is 2. The van der Waals surface area contributed by atoms with E-state index in [9.17, 15) is 9.59 Å². The zero-order chi connectivity index (χ0) is 29.7. The molecule has 1 aromatic heterocycles. The number of aryl methyl sites for hydroxylation is 1. The quantitative estimate of drug-likeness (QED) is 0.142. The smallest absolute Gasteiger partial charge is 0.347 e. The predicted molar refractivity (Wildman–Crippen MR) is 165 cm³/mol. The van der Waals surface area contributed by atoms with Gasteiger partial charge in [0.25, 0.3) is 5.56 Å². The van der Waals surface area contributed by atoms with Crippen molar-refractivity contribution in [2.45, 2.75) is 53.6 Å². The third kappa shape index (κ3) is 6.68. The molecule has 1 heterocycles. The summed E-state index contributed by atoms with van der Waals surface area (Å²) in [5.74, 6) is 1.35. The van der Waals surface area contributed by atoms with E-state index in [1.54, 1.807) is 44.2 Å². The molecule has 0 saturated carbocycles. The van der Waals surface area contributed by atoms with E-state index in [4.69, 9.17) is 19.2 Å². The average molecular weight is 621 g/mol. The number of halogens is 1. The first-order valence-corrected chi connectivity index (χ1v) is 14.4. The Morgan fingerprint density at radius 2 is 1.80 bits per heavy atom. The van der Waals surface area contributed by atoms with Crippen LogP contribution in [0.1, 0.15) is 57.2 Å². The van der Waals surface area contributed by atoms with Crippen molar-refractivity contribution in [3.63, 3.8) is 0 Å². The lowest BCUT2D eigenvalue weighted by atomic mass is 9.96. The van der Waals surface area contributed by atoms with E-state index in [0.29, 0.717) is 34.6 Å². The van der Waals surface area contributed by atoms with Crippen LogP contribution in [0.15, 0.2) is 69.0 Å². The van der Waals surface area contributed by atoms with Gasteiger partial charge in [0.1, 0.15) is 11.5 Å². The molecule has 4 rings (SSSR count). The second kappa shape index (κ2) is 13.1. The molecule has 3 aromatic carbocycles. The molecule has 0 fully saturated rings. The number of fused-ring (bicyclic) bond motifs is 1. The average Bonchev–Trinajstić information content (AvgIpc) is 2.94. The number of ether oxygens (including phenoxy) is 3. The van der Waals surface area contributed by atoms with Crippen LogP contribution in [0.3, 0.4) is 0 Å². The number of hydrogen-bond donors (Lipinski definition) is 0. The van der Waals surface area contributed by atoms with Gasteiger partial charge in [0.05, 0.1) is 30.3 Å². The Balaban J connectivity index is 1.90. The fourth-order valence-corrected chi connectivity index (χ4v) is 4.80. The van der Waals surface area contributed by atoms with Crippen LogP contribution in [0.5, 0.6) is 11.5 Å². The van der Waals surface area contributed by atoms with Crippen molar-refractivity contribution in [1.82, 2.24) is 9.66 Å². The van der Waals surface area contributed by atoms with Crippen molar-refractivity contribution in [1.29, 1.82) is 0 Å². The first-order chi connectivity index (χ1) is 19.6. The van der Waals surface area contributed by atoms with Crippen molar-refractivity contribution in [3.05, 3.63) is 86.1 Å². The zero-order valence-electron chi connectivity index (χ0n) is 24.1. The fourth-order valence-electron chi connectivity index (χ4n) is 4.42. The number of benzene rings is 3. The highest BCUT2D eigenvalue weighted by atomic mass is 79.9. The van der Waals surface area contributed by atoms with Crippen LogP contribution in [-0.4, -0.2) is 41.2 Å². The summed E-state index contributed by atoms with van der Waals surface area (Å²) in [6.07, 6.45) is 0.705. The molecule has 0 unspecified atom stereocenters. The Bertz CT molecular complexity index is 1660. The lowest BCUT2D eigenvalue weighted by Gasteiger charge is -2.18. The molecule has 9 heteroatoms. The molecular formula is C32H34BrN3O5. The molecule has 0 bridgehead atoms. The van der Waals surface area contributed by atoms with E-state index >= 15 is 0 Å². The minimum atomic E-state index is -0.829. The Kier molecular flexibility index (Phi) is 9.60. The first kappa shape index (κ1) is 30.0. The van der Waals surface area contributed by atoms with Crippen LogP contribution in [0, 0.1) is 6.92 Å². The van der Waals surface area contributed by atoms with Gasteiger partial charge in [-0.2, -0.15) is 9.78 Å². The molecule has 0 saturated heterocycles. The van der Waals surface area contributed by atoms with Crippen LogP contribution >= 0.6 is 15.9 Å². The number of esters is 1. The van der Waals surface area contributed by atoms with Gasteiger partial charge in [0, 0.05) is 15.6 Å². The number of hydrogen-bond acceptors (Lipinski definition) is 7. The van der Waals surface area contributed by atoms with Crippen molar-refractivity contribution in [2.75, 3.05) is 13.2 Å². The van der Waals surface area contributed by atoms with Gasteiger partial charge in [-0.05, 0) is 87.2 Å². The van der Waals surface area contributed by atoms with Crippen LogP contribution in [0.25, 0.3) is 22.3 Å².